The predicted octanol–water partition coefficient (Wildman–Crippen LogP) is 3.23. The molecule has 0 aromatic carbocycles. The second-order valence-electron chi connectivity index (χ2n) is 8.25. The van der Waals surface area contributed by atoms with Gasteiger partial charge in [-0.3, -0.25) is 9.48 Å². The molecular formula is C19H24F3N7O. The van der Waals surface area contributed by atoms with Crippen molar-refractivity contribution in [3.05, 3.63) is 23.7 Å². The minimum absolute atomic E-state index is 0.0536. The molecule has 4 rings (SSSR count). The second-order valence-corrected chi connectivity index (χ2v) is 8.25. The van der Waals surface area contributed by atoms with Crippen LogP contribution in [0.3, 0.4) is 0 Å². The van der Waals surface area contributed by atoms with E-state index in [1.165, 1.54) is 6.20 Å². The van der Waals surface area contributed by atoms with Gasteiger partial charge in [0.25, 0.3) is 0 Å². The lowest BCUT2D eigenvalue weighted by Crippen LogP contribution is -2.50. The Labute approximate surface area is 171 Å². The molecule has 0 saturated heterocycles. The fraction of sp³-hybridized carbons (Fsp3) is 0.579. The van der Waals surface area contributed by atoms with Crippen molar-refractivity contribution in [3.8, 4) is 0 Å². The van der Waals surface area contributed by atoms with Crippen LogP contribution in [0.1, 0.15) is 44.1 Å². The molecule has 2 aromatic heterocycles. The fourth-order valence-corrected chi connectivity index (χ4v) is 4.20. The van der Waals surface area contributed by atoms with Gasteiger partial charge < -0.3 is 15.5 Å². The molecule has 11 heteroatoms. The highest BCUT2D eigenvalue weighted by atomic mass is 19.4. The van der Waals surface area contributed by atoms with Crippen LogP contribution in [0.4, 0.5) is 30.6 Å². The van der Waals surface area contributed by atoms with Gasteiger partial charge in [0.05, 0.1) is 11.7 Å². The highest BCUT2D eigenvalue weighted by molar-refractivity contribution is 6.03. The van der Waals surface area contributed by atoms with E-state index < -0.39 is 11.9 Å². The molecule has 1 saturated carbocycles. The molecule has 2 aromatic rings. The summed E-state index contributed by atoms with van der Waals surface area (Å²) in [5.41, 5.74) is 0.485. The summed E-state index contributed by atoms with van der Waals surface area (Å²) in [5.74, 6) is 1.04. The summed E-state index contributed by atoms with van der Waals surface area (Å²) in [6, 6.07) is 0.280. The van der Waals surface area contributed by atoms with E-state index in [9.17, 15) is 18.0 Å². The normalized spacial score (nSPS) is 23.8. The molecule has 162 valence electrons. The van der Waals surface area contributed by atoms with Crippen molar-refractivity contribution in [2.75, 3.05) is 22.6 Å². The number of hydrogen-bond donors (Lipinski definition) is 2. The van der Waals surface area contributed by atoms with Gasteiger partial charge in [0.15, 0.2) is 5.82 Å². The molecule has 3 heterocycles. The zero-order valence-corrected chi connectivity index (χ0v) is 17.2. The quantitative estimate of drug-likeness (QED) is 0.785. The van der Waals surface area contributed by atoms with Crippen molar-refractivity contribution in [1.82, 2.24) is 19.7 Å². The van der Waals surface area contributed by atoms with E-state index in [1.54, 1.807) is 6.92 Å². The summed E-state index contributed by atoms with van der Waals surface area (Å²) in [6.07, 6.45) is -2.26. The summed E-state index contributed by atoms with van der Waals surface area (Å²) >= 11 is 0. The molecule has 8 nitrogen and oxygen atoms in total. The van der Waals surface area contributed by atoms with E-state index >= 15 is 0 Å². The van der Waals surface area contributed by atoms with Gasteiger partial charge in [0, 0.05) is 19.3 Å². The number of carbonyl (C=O) groups is 1. The average Bonchev–Trinajstić information content (AvgIpc) is 3.08. The van der Waals surface area contributed by atoms with Crippen molar-refractivity contribution in [3.63, 3.8) is 0 Å². The highest BCUT2D eigenvalue weighted by Gasteiger charge is 2.41. The van der Waals surface area contributed by atoms with Gasteiger partial charge in [-0.1, -0.05) is 13.8 Å². The van der Waals surface area contributed by atoms with Crippen molar-refractivity contribution in [2.45, 2.75) is 57.9 Å². The third kappa shape index (κ3) is 3.46. The second kappa shape index (κ2) is 7.13. The zero-order chi connectivity index (χ0) is 21.8. The largest absolute Gasteiger partial charge is 0.433 e. The molecule has 0 spiro atoms. The Morgan fingerprint density at radius 3 is 2.60 bits per heavy atom. The molecule has 0 bridgehead atoms. The van der Waals surface area contributed by atoms with Crippen molar-refractivity contribution < 1.29 is 18.0 Å². The number of amides is 1. The first-order chi connectivity index (χ1) is 14.1. The summed E-state index contributed by atoms with van der Waals surface area (Å²) in [6.45, 7) is 5.73. The molecule has 2 aliphatic rings. The molecule has 1 atom stereocenters. The Morgan fingerprint density at radius 1 is 1.27 bits per heavy atom. The number of nitrogens with zero attached hydrogens (tertiary/aromatic N) is 5. The number of nitrogens with one attached hydrogen (secondary N) is 2. The molecule has 30 heavy (non-hydrogen) atoms. The van der Waals surface area contributed by atoms with Gasteiger partial charge in [-0.25, -0.2) is 4.98 Å². The van der Waals surface area contributed by atoms with Crippen LogP contribution in [-0.4, -0.2) is 44.8 Å². The lowest BCUT2D eigenvalue weighted by atomic mass is 9.87. The van der Waals surface area contributed by atoms with Crippen LogP contribution in [0.5, 0.6) is 0 Å². The van der Waals surface area contributed by atoms with Crippen LogP contribution >= 0.6 is 0 Å². The number of rotatable bonds is 4. The zero-order valence-electron chi connectivity index (χ0n) is 17.2. The Bertz CT molecular complexity index is 966. The first-order valence-corrected chi connectivity index (χ1v) is 9.85. The van der Waals surface area contributed by atoms with Crippen LogP contribution in [0, 0.1) is 12.8 Å². The van der Waals surface area contributed by atoms with E-state index in [2.05, 4.69) is 25.7 Å². The first kappa shape index (κ1) is 20.4. The predicted molar refractivity (Wildman–Crippen MR) is 105 cm³/mol. The van der Waals surface area contributed by atoms with Gasteiger partial charge in [0.1, 0.15) is 17.4 Å². The number of anilines is 3. The Kier molecular flexibility index (Phi) is 4.86. The third-order valence-corrected chi connectivity index (χ3v) is 5.72. The molecule has 1 amide bonds. The minimum Gasteiger partial charge on any atom is -0.351 e. The van der Waals surface area contributed by atoms with E-state index in [0.29, 0.717) is 36.0 Å². The van der Waals surface area contributed by atoms with E-state index in [1.807, 2.05) is 25.8 Å². The van der Waals surface area contributed by atoms with Gasteiger partial charge in [-0.2, -0.15) is 23.3 Å². The monoisotopic (exact) mass is 423 g/mol. The maximum absolute atomic E-state index is 13.1. The summed E-state index contributed by atoms with van der Waals surface area (Å²) < 4.78 is 40.3. The maximum atomic E-state index is 13.1. The summed E-state index contributed by atoms with van der Waals surface area (Å²) in [5, 5.41) is 9.95. The molecule has 1 aliphatic heterocycles. The van der Waals surface area contributed by atoms with E-state index in [0.717, 1.165) is 10.7 Å². The fourth-order valence-electron chi connectivity index (χ4n) is 4.20. The first-order valence-electron chi connectivity index (χ1n) is 9.85. The van der Waals surface area contributed by atoms with E-state index in [4.69, 9.17) is 0 Å². The highest BCUT2D eigenvalue weighted by Crippen LogP contribution is 2.39. The van der Waals surface area contributed by atoms with Crippen molar-refractivity contribution in [2.24, 2.45) is 5.92 Å². The number of halogens is 3. The molecule has 1 fully saturated rings. The average molecular weight is 423 g/mol. The Hall–Kier alpha value is -2.85. The standard InChI is InChI=1S/C19H24F3N7O/c1-9(2)15-17(30)26-14-10(3)24-18(27-16(14)28(15)4)25-11-7-12(8-11)29-13(5-6-23-29)19(20,21)22/h5-6,9,11-12,15H,7-8H2,1-4H3,(H,26,30)(H,24,25,27)/t11?,12?,15-/m0/s1. The smallest absolute Gasteiger partial charge is 0.351 e. The number of hydrogen-bond acceptors (Lipinski definition) is 6. The van der Waals surface area contributed by atoms with Crippen molar-refractivity contribution in [1.29, 1.82) is 0 Å². The number of alkyl halides is 3. The van der Waals surface area contributed by atoms with Crippen molar-refractivity contribution >= 4 is 23.4 Å². The summed E-state index contributed by atoms with van der Waals surface area (Å²) in [7, 11) is 1.83. The number of carbonyl (C=O) groups excluding carboxylic acids is 1. The van der Waals surface area contributed by atoms with Gasteiger partial charge in [0.2, 0.25) is 11.9 Å². The van der Waals surface area contributed by atoms with Gasteiger partial charge in [-0.15, -0.1) is 0 Å². The molecule has 0 unspecified atom stereocenters. The number of fused-ring (bicyclic) bond motifs is 1. The van der Waals surface area contributed by atoms with Gasteiger partial charge in [-0.05, 0) is 31.7 Å². The lowest BCUT2D eigenvalue weighted by molar-refractivity contribution is -0.145. The SMILES string of the molecule is Cc1nc(NC2CC(n3nccc3C(F)(F)F)C2)nc2c1NC(=O)[C@H](C(C)C)N2C. The van der Waals surface area contributed by atoms with Crippen LogP contribution in [-0.2, 0) is 11.0 Å². The van der Waals surface area contributed by atoms with Crippen LogP contribution in [0.2, 0.25) is 0 Å². The topological polar surface area (TPSA) is 88.0 Å². The third-order valence-electron chi connectivity index (χ3n) is 5.72. The molecular weight excluding hydrogens is 399 g/mol. The minimum atomic E-state index is -4.42. The number of aromatic nitrogens is 4. The van der Waals surface area contributed by atoms with Gasteiger partial charge >= 0.3 is 6.18 Å². The van der Waals surface area contributed by atoms with Crippen LogP contribution in [0.25, 0.3) is 0 Å². The summed E-state index contributed by atoms with van der Waals surface area (Å²) in [4.78, 5) is 23.3. The number of likely N-dealkylation sites (N-methyl/N-ethyl adjacent to an activating group) is 1. The van der Waals surface area contributed by atoms with Crippen LogP contribution < -0.4 is 15.5 Å². The lowest BCUT2D eigenvalue weighted by Gasteiger charge is -2.38. The molecule has 0 radical (unpaired) electrons. The maximum Gasteiger partial charge on any atom is 0.433 e. The molecule has 2 N–H and O–H groups in total. The number of aryl methyl sites for hydroxylation is 1. The molecule has 1 aliphatic carbocycles. The Balaban J connectivity index is 1.48. The Morgan fingerprint density at radius 2 is 1.97 bits per heavy atom. The van der Waals surface area contributed by atoms with Crippen LogP contribution in [0.15, 0.2) is 12.3 Å². The van der Waals surface area contributed by atoms with E-state index in [-0.39, 0.29) is 30.0 Å².